The van der Waals surface area contributed by atoms with Crippen molar-refractivity contribution in [3.8, 4) is 11.1 Å². The molecule has 4 rings (SSSR count). The van der Waals surface area contributed by atoms with Crippen LogP contribution in [-0.4, -0.2) is 21.5 Å². The zero-order valence-corrected chi connectivity index (χ0v) is 16.4. The molecule has 4 nitrogen and oxygen atoms in total. The molecule has 5 heteroatoms. The summed E-state index contributed by atoms with van der Waals surface area (Å²) in [6, 6.07) is 24.0. The molecule has 0 radical (unpaired) electrons. The molecule has 30 heavy (non-hydrogen) atoms. The minimum atomic E-state index is -0.532. The number of rotatable bonds is 7. The van der Waals surface area contributed by atoms with E-state index in [1.54, 1.807) is 24.7 Å². The number of imidazole rings is 1. The molecule has 1 heterocycles. The lowest BCUT2D eigenvalue weighted by Gasteiger charge is -2.20. The molecule has 0 aliphatic rings. The van der Waals surface area contributed by atoms with Gasteiger partial charge in [0.25, 0.3) is 5.91 Å². The van der Waals surface area contributed by atoms with Crippen LogP contribution in [-0.2, 0) is 13.0 Å². The summed E-state index contributed by atoms with van der Waals surface area (Å²) in [6.45, 7) is 0.546. The molecule has 0 aliphatic carbocycles. The number of benzene rings is 3. The number of halogens is 1. The lowest BCUT2D eigenvalue weighted by molar-refractivity contribution is 0.0929. The Morgan fingerprint density at radius 1 is 0.967 bits per heavy atom. The summed E-state index contributed by atoms with van der Waals surface area (Å²) in [4.78, 5) is 16.9. The van der Waals surface area contributed by atoms with Crippen molar-refractivity contribution < 1.29 is 9.18 Å². The van der Waals surface area contributed by atoms with E-state index in [-0.39, 0.29) is 11.6 Å². The van der Waals surface area contributed by atoms with Gasteiger partial charge in [-0.05, 0) is 35.2 Å². The average Bonchev–Trinajstić information content (AvgIpc) is 3.28. The standard InChI is InChI=1S/C25H22FN3O/c26-24-16-21(20-9-5-2-6-10-20)11-12-23(24)25(30)28-22(17-29-14-13-27-18-29)15-19-7-3-1-4-8-19/h1-14,16,18,22H,15,17H2,(H,28,30)/t22-/m0/s1. The van der Waals surface area contributed by atoms with Crippen molar-refractivity contribution in [1.82, 2.24) is 14.9 Å². The Morgan fingerprint density at radius 3 is 2.37 bits per heavy atom. The number of hydrogen-bond acceptors (Lipinski definition) is 2. The zero-order valence-electron chi connectivity index (χ0n) is 16.4. The molecule has 0 bridgehead atoms. The summed E-state index contributed by atoms with van der Waals surface area (Å²) >= 11 is 0. The molecule has 1 N–H and O–H groups in total. The minimum Gasteiger partial charge on any atom is -0.347 e. The zero-order chi connectivity index (χ0) is 20.8. The van der Waals surface area contributed by atoms with Gasteiger partial charge in [0, 0.05) is 18.9 Å². The van der Waals surface area contributed by atoms with Gasteiger partial charge < -0.3 is 9.88 Å². The monoisotopic (exact) mass is 399 g/mol. The summed E-state index contributed by atoms with van der Waals surface area (Å²) in [5.74, 6) is -0.955. The third-order valence-electron chi connectivity index (χ3n) is 4.97. The van der Waals surface area contributed by atoms with E-state index in [4.69, 9.17) is 0 Å². The van der Waals surface area contributed by atoms with Crippen LogP contribution in [0.1, 0.15) is 15.9 Å². The van der Waals surface area contributed by atoms with E-state index in [0.29, 0.717) is 13.0 Å². The predicted octanol–water partition coefficient (Wildman–Crippen LogP) is 4.73. The summed E-state index contributed by atoms with van der Waals surface area (Å²) in [5.41, 5.74) is 2.79. The van der Waals surface area contributed by atoms with Gasteiger partial charge in [-0.15, -0.1) is 0 Å². The minimum absolute atomic E-state index is 0.0402. The molecular formula is C25H22FN3O. The second-order valence-corrected chi connectivity index (χ2v) is 7.18. The number of hydrogen-bond donors (Lipinski definition) is 1. The molecule has 0 unspecified atom stereocenters. The van der Waals surface area contributed by atoms with Gasteiger partial charge >= 0.3 is 0 Å². The van der Waals surface area contributed by atoms with Gasteiger partial charge in [0.05, 0.1) is 17.9 Å². The maximum atomic E-state index is 14.8. The Kier molecular flexibility index (Phi) is 5.99. The number of nitrogens with one attached hydrogen (secondary N) is 1. The average molecular weight is 399 g/mol. The first-order valence-corrected chi connectivity index (χ1v) is 9.84. The van der Waals surface area contributed by atoms with Gasteiger partial charge in [-0.3, -0.25) is 4.79 Å². The fourth-order valence-corrected chi connectivity index (χ4v) is 3.48. The Labute approximate surface area is 175 Å². The highest BCUT2D eigenvalue weighted by molar-refractivity contribution is 5.95. The Bertz CT molecular complexity index is 1100. The Balaban J connectivity index is 1.52. The van der Waals surface area contributed by atoms with Crippen molar-refractivity contribution in [2.24, 2.45) is 0 Å². The fourth-order valence-electron chi connectivity index (χ4n) is 3.48. The summed E-state index contributed by atoms with van der Waals surface area (Å²) < 4.78 is 16.7. The van der Waals surface area contributed by atoms with Crippen molar-refractivity contribution >= 4 is 5.91 Å². The second-order valence-electron chi connectivity index (χ2n) is 7.18. The van der Waals surface area contributed by atoms with E-state index < -0.39 is 11.7 Å². The highest BCUT2D eigenvalue weighted by Gasteiger charge is 2.18. The maximum Gasteiger partial charge on any atom is 0.254 e. The molecule has 4 aromatic rings. The molecule has 0 fully saturated rings. The largest absolute Gasteiger partial charge is 0.347 e. The molecule has 150 valence electrons. The first-order chi connectivity index (χ1) is 14.7. The number of carbonyl (C=O) groups is 1. The molecule has 3 aromatic carbocycles. The molecular weight excluding hydrogens is 377 g/mol. The van der Waals surface area contributed by atoms with Crippen LogP contribution in [0.4, 0.5) is 4.39 Å². The highest BCUT2D eigenvalue weighted by atomic mass is 19.1. The molecule has 1 atom stereocenters. The third-order valence-corrected chi connectivity index (χ3v) is 4.97. The van der Waals surface area contributed by atoms with Crippen LogP contribution in [0.3, 0.4) is 0 Å². The van der Waals surface area contributed by atoms with Crippen molar-refractivity contribution in [1.29, 1.82) is 0 Å². The van der Waals surface area contributed by atoms with E-state index >= 15 is 0 Å². The molecule has 0 aliphatic heterocycles. The number of amides is 1. The van der Waals surface area contributed by atoms with Crippen LogP contribution < -0.4 is 5.32 Å². The Morgan fingerprint density at radius 2 is 1.70 bits per heavy atom. The van der Waals surface area contributed by atoms with Gasteiger partial charge in [-0.1, -0.05) is 66.7 Å². The van der Waals surface area contributed by atoms with Gasteiger partial charge in [0.2, 0.25) is 0 Å². The normalized spacial score (nSPS) is 11.8. The van der Waals surface area contributed by atoms with Gasteiger partial charge in [0.1, 0.15) is 5.82 Å². The van der Waals surface area contributed by atoms with Crippen LogP contribution in [0.25, 0.3) is 11.1 Å². The lowest BCUT2D eigenvalue weighted by atomic mass is 10.0. The number of nitrogens with zero attached hydrogens (tertiary/aromatic N) is 2. The summed E-state index contributed by atoms with van der Waals surface area (Å²) in [5, 5.41) is 2.99. The van der Waals surface area contributed by atoms with Crippen LogP contribution >= 0.6 is 0 Å². The quantitative estimate of drug-likeness (QED) is 0.488. The van der Waals surface area contributed by atoms with E-state index in [1.807, 2.05) is 71.4 Å². The van der Waals surface area contributed by atoms with Gasteiger partial charge in [-0.2, -0.15) is 0 Å². The first-order valence-electron chi connectivity index (χ1n) is 9.84. The molecule has 1 aromatic heterocycles. The molecule has 1 amide bonds. The number of aromatic nitrogens is 2. The lowest BCUT2D eigenvalue weighted by Crippen LogP contribution is -2.39. The molecule has 0 saturated carbocycles. The van der Waals surface area contributed by atoms with E-state index in [1.165, 1.54) is 6.07 Å². The highest BCUT2D eigenvalue weighted by Crippen LogP contribution is 2.22. The van der Waals surface area contributed by atoms with Crippen LogP contribution in [0.2, 0.25) is 0 Å². The van der Waals surface area contributed by atoms with E-state index in [9.17, 15) is 9.18 Å². The van der Waals surface area contributed by atoms with Crippen LogP contribution in [0.15, 0.2) is 97.6 Å². The maximum absolute atomic E-state index is 14.8. The van der Waals surface area contributed by atoms with Crippen LogP contribution in [0.5, 0.6) is 0 Å². The van der Waals surface area contributed by atoms with Crippen LogP contribution in [0, 0.1) is 5.82 Å². The van der Waals surface area contributed by atoms with Crippen molar-refractivity contribution in [3.05, 3.63) is 115 Å². The second kappa shape index (κ2) is 9.18. The van der Waals surface area contributed by atoms with Gasteiger partial charge in [0.15, 0.2) is 0 Å². The first kappa shape index (κ1) is 19.6. The van der Waals surface area contributed by atoms with E-state index in [0.717, 1.165) is 16.7 Å². The van der Waals surface area contributed by atoms with E-state index in [2.05, 4.69) is 10.3 Å². The Hall–Kier alpha value is -3.73. The third kappa shape index (κ3) is 4.81. The summed E-state index contributed by atoms with van der Waals surface area (Å²) in [7, 11) is 0. The van der Waals surface area contributed by atoms with Crippen molar-refractivity contribution in [2.75, 3.05) is 0 Å². The number of carbonyl (C=O) groups excluding carboxylic acids is 1. The molecule has 0 saturated heterocycles. The summed E-state index contributed by atoms with van der Waals surface area (Å²) in [6.07, 6.45) is 5.89. The van der Waals surface area contributed by atoms with Crippen molar-refractivity contribution in [2.45, 2.75) is 19.0 Å². The SMILES string of the molecule is O=C(N[C@@H](Cc1ccccc1)Cn1ccnc1)c1ccc(-c2ccccc2)cc1F. The fraction of sp³-hybridized carbons (Fsp3) is 0.120. The smallest absolute Gasteiger partial charge is 0.254 e. The molecule has 0 spiro atoms. The predicted molar refractivity (Wildman–Crippen MR) is 115 cm³/mol. The van der Waals surface area contributed by atoms with Crippen molar-refractivity contribution in [3.63, 3.8) is 0 Å². The van der Waals surface area contributed by atoms with Gasteiger partial charge in [-0.25, -0.2) is 9.37 Å². The topological polar surface area (TPSA) is 46.9 Å².